The molecular weight excluding hydrogens is 242 g/mol. The summed E-state index contributed by atoms with van der Waals surface area (Å²) in [5, 5.41) is 15.1. The van der Waals surface area contributed by atoms with Crippen LogP contribution in [-0.2, 0) is 4.79 Å². The van der Waals surface area contributed by atoms with Gasteiger partial charge in [0.25, 0.3) is 5.91 Å². The average molecular weight is 255 g/mol. The highest BCUT2D eigenvalue weighted by atomic mass is 32.1. The minimum absolute atomic E-state index is 0.253. The Bertz CT molecular complexity index is 442. The van der Waals surface area contributed by atoms with Gasteiger partial charge in [0.2, 0.25) is 0 Å². The van der Waals surface area contributed by atoms with E-state index < -0.39 is 17.9 Å². The van der Waals surface area contributed by atoms with E-state index in [1.165, 1.54) is 0 Å². The van der Waals surface area contributed by atoms with Crippen molar-refractivity contribution in [2.75, 3.05) is 0 Å². The summed E-state index contributed by atoms with van der Waals surface area (Å²) in [4.78, 5) is 23.0. The Morgan fingerprint density at radius 1 is 1.59 bits per heavy atom. The lowest BCUT2D eigenvalue weighted by atomic mass is 10.2. The molecular formula is C10H13N3O3S. The number of hydrogen-bond acceptors (Lipinski definition) is 5. The summed E-state index contributed by atoms with van der Waals surface area (Å²) in [6.07, 6.45) is 3.68. The Kier molecular flexibility index (Phi) is 4.77. The van der Waals surface area contributed by atoms with E-state index in [0.717, 1.165) is 11.5 Å². The molecule has 0 saturated carbocycles. The van der Waals surface area contributed by atoms with E-state index in [1.54, 1.807) is 26.0 Å². The number of carbonyl (C=O) groups excluding carboxylic acids is 1. The zero-order valence-corrected chi connectivity index (χ0v) is 10.3. The van der Waals surface area contributed by atoms with Crippen molar-refractivity contribution in [3.8, 4) is 0 Å². The first-order chi connectivity index (χ1) is 8.06. The van der Waals surface area contributed by atoms with Crippen LogP contribution < -0.4 is 5.32 Å². The number of nitrogens with one attached hydrogen (secondary N) is 1. The molecule has 1 atom stereocenters. The monoisotopic (exact) mass is 255 g/mol. The van der Waals surface area contributed by atoms with Crippen molar-refractivity contribution in [3.05, 3.63) is 22.7 Å². The first-order valence-electron chi connectivity index (χ1n) is 5.00. The van der Waals surface area contributed by atoms with Crippen molar-refractivity contribution in [3.63, 3.8) is 0 Å². The van der Waals surface area contributed by atoms with Gasteiger partial charge in [0, 0.05) is 0 Å². The minimum atomic E-state index is -1.06. The van der Waals surface area contributed by atoms with Crippen molar-refractivity contribution >= 4 is 23.4 Å². The minimum Gasteiger partial charge on any atom is -0.480 e. The number of allylic oxidation sites excluding steroid dienone is 1. The fourth-order valence-corrected chi connectivity index (χ4v) is 1.72. The van der Waals surface area contributed by atoms with Gasteiger partial charge >= 0.3 is 5.97 Å². The van der Waals surface area contributed by atoms with Crippen LogP contribution in [0.3, 0.4) is 0 Å². The molecule has 6 nitrogen and oxygen atoms in total. The third-order valence-corrected chi connectivity index (χ3v) is 2.90. The molecule has 0 aromatic carbocycles. The van der Waals surface area contributed by atoms with Crippen LogP contribution in [-0.4, -0.2) is 32.6 Å². The summed E-state index contributed by atoms with van der Waals surface area (Å²) in [5.41, 5.74) is 0.502. The van der Waals surface area contributed by atoms with Gasteiger partial charge in [0.05, 0.1) is 5.69 Å². The number of nitrogens with zero attached hydrogens (tertiary/aromatic N) is 2. The third kappa shape index (κ3) is 3.63. The third-order valence-electron chi connectivity index (χ3n) is 2.07. The average Bonchev–Trinajstić information content (AvgIpc) is 2.70. The van der Waals surface area contributed by atoms with Gasteiger partial charge in [-0.15, -0.1) is 5.10 Å². The van der Waals surface area contributed by atoms with Gasteiger partial charge in [-0.2, -0.15) is 0 Å². The number of carboxylic acid groups (broad SMARTS) is 1. The first-order valence-corrected chi connectivity index (χ1v) is 5.77. The number of hydrogen-bond donors (Lipinski definition) is 2. The molecule has 2 N–H and O–H groups in total. The quantitative estimate of drug-likeness (QED) is 0.766. The Hall–Kier alpha value is -1.76. The van der Waals surface area contributed by atoms with Gasteiger partial charge in [0.1, 0.15) is 10.9 Å². The summed E-state index contributed by atoms with van der Waals surface area (Å²) in [6.45, 7) is 3.44. The Morgan fingerprint density at radius 3 is 2.76 bits per heavy atom. The maximum Gasteiger partial charge on any atom is 0.326 e. The van der Waals surface area contributed by atoms with E-state index in [4.69, 9.17) is 5.11 Å². The molecule has 0 bridgehead atoms. The molecule has 0 saturated heterocycles. The van der Waals surface area contributed by atoms with E-state index in [1.807, 2.05) is 0 Å². The fourth-order valence-electron chi connectivity index (χ4n) is 1.16. The summed E-state index contributed by atoms with van der Waals surface area (Å²) < 4.78 is 3.63. The molecule has 7 heteroatoms. The number of aromatic nitrogens is 2. The number of aryl methyl sites for hydroxylation is 1. The van der Waals surface area contributed by atoms with Crippen LogP contribution in [0, 0.1) is 6.92 Å². The largest absolute Gasteiger partial charge is 0.480 e. The summed E-state index contributed by atoms with van der Waals surface area (Å²) >= 11 is 0.951. The highest BCUT2D eigenvalue weighted by Gasteiger charge is 2.21. The molecule has 0 fully saturated rings. The van der Waals surface area contributed by atoms with Gasteiger partial charge in [-0.3, -0.25) is 4.79 Å². The molecule has 0 spiro atoms. The predicted molar refractivity (Wildman–Crippen MR) is 63.0 cm³/mol. The zero-order valence-electron chi connectivity index (χ0n) is 9.51. The van der Waals surface area contributed by atoms with Crippen LogP contribution >= 0.6 is 11.5 Å². The predicted octanol–water partition coefficient (Wildman–Crippen LogP) is 0.996. The van der Waals surface area contributed by atoms with Gasteiger partial charge in [-0.05, 0) is 31.8 Å². The lowest BCUT2D eigenvalue weighted by molar-refractivity contribution is -0.139. The molecule has 92 valence electrons. The smallest absolute Gasteiger partial charge is 0.326 e. The van der Waals surface area contributed by atoms with E-state index in [9.17, 15) is 9.59 Å². The second-order valence-electron chi connectivity index (χ2n) is 3.36. The molecule has 1 aromatic rings. The molecule has 17 heavy (non-hydrogen) atoms. The maximum atomic E-state index is 11.7. The summed E-state index contributed by atoms with van der Waals surface area (Å²) in [7, 11) is 0. The van der Waals surface area contributed by atoms with E-state index in [2.05, 4.69) is 14.9 Å². The molecule has 1 aromatic heterocycles. The fraction of sp³-hybridized carbons (Fsp3) is 0.400. The van der Waals surface area contributed by atoms with Crippen LogP contribution in [0.1, 0.15) is 28.7 Å². The molecule has 1 amide bonds. The van der Waals surface area contributed by atoms with Crippen molar-refractivity contribution < 1.29 is 14.7 Å². The van der Waals surface area contributed by atoms with Gasteiger partial charge in [-0.1, -0.05) is 16.6 Å². The molecule has 0 aliphatic heterocycles. The number of amides is 1. The van der Waals surface area contributed by atoms with Gasteiger partial charge < -0.3 is 10.4 Å². The van der Waals surface area contributed by atoms with E-state index in [-0.39, 0.29) is 6.42 Å². The second-order valence-corrected chi connectivity index (χ2v) is 4.11. The first kappa shape index (κ1) is 13.3. The lowest BCUT2D eigenvalue weighted by Crippen LogP contribution is -2.40. The van der Waals surface area contributed by atoms with Crippen LogP contribution in [0.15, 0.2) is 12.2 Å². The number of carbonyl (C=O) groups is 2. The number of aliphatic carboxylic acids is 1. The normalized spacial score (nSPS) is 12.6. The molecule has 1 unspecified atom stereocenters. The Labute approximate surface area is 103 Å². The summed E-state index contributed by atoms with van der Waals surface area (Å²) in [6, 6.07) is -0.930. The molecule has 0 aliphatic rings. The lowest BCUT2D eigenvalue weighted by Gasteiger charge is -2.11. The molecule has 1 rings (SSSR count). The van der Waals surface area contributed by atoms with Crippen LogP contribution in [0.25, 0.3) is 0 Å². The highest BCUT2D eigenvalue weighted by Crippen LogP contribution is 2.09. The van der Waals surface area contributed by atoms with E-state index >= 15 is 0 Å². The van der Waals surface area contributed by atoms with E-state index in [0.29, 0.717) is 10.6 Å². The number of carboxylic acids is 1. The van der Waals surface area contributed by atoms with Crippen LogP contribution in [0.4, 0.5) is 0 Å². The van der Waals surface area contributed by atoms with Crippen LogP contribution in [0.5, 0.6) is 0 Å². The standard InChI is InChI=1S/C10H13N3O3S/c1-3-4-5-7(10(15)16)11-9(14)8-6(2)12-13-17-8/h3-4,7H,5H2,1-2H3,(H,11,14)(H,15,16)/b4-3+. The topological polar surface area (TPSA) is 92.2 Å². The number of rotatable bonds is 5. The second kappa shape index (κ2) is 6.09. The molecule has 0 aliphatic carbocycles. The van der Waals surface area contributed by atoms with Gasteiger partial charge in [-0.25, -0.2) is 4.79 Å². The van der Waals surface area contributed by atoms with Crippen molar-refractivity contribution in [2.24, 2.45) is 0 Å². The SMILES string of the molecule is C/C=C/CC(NC(=O)c1snnc1C)C(=O)O. The molecule has 1 heterocycles. The van der Waals surface area contributed by atoms with Crippen molar-refractivity contribution in [1.29, 1.82) is 0 Å². The van der Waals surface area contributed by atoms with Crippen molar-refractivity contribution in [2.45, 2.75) is 26.3 Å². The maximum absolute atomic E-state index is 11.7. The highest BCUT2D eigenvalue weighted by molar-refractivity contribution is 7.08. The Morgan fingerprint density at radius 2 is 2.29 bits per heavy atom. The van der Waals surface area contributed by atoms with Crippen LogP contribution in [0.2, 0.25) is 0 Å². The Balaban J connectivity index is 2.71. The summed E-state index contributed by atoms with van der Waals surface area (Å²) in [5.74, 6) is -1.51. The zero-order chi connectivity index (χ0) is 12.8. The van der Waals surface area contributed by atoms with Crippen molar-refractivity contribution in [1.82, 2.24) is 14.9 Å². The molecule has 0 radical (unpaired) electrons. The van der Waals surface area contributed by atoms with Gasteiger partial charge in [0.15, 0.2) is 0 Å².